The molecule has 0 bridgehead atoms. The van der Waals surface area contributed by atoms with Crippen LogP contribution >= 0.6 is 24.0 Å². The molecule has 1 aliphatic heterocycles. The Morgan fingerprint density at radius 1 is 1.33 bits per heavy atom. The van der Waals surface area contributed by atoms with Crippen molar-refractivity contribution in [3.63, 3.8) is 0 Å². The Morgan fingerprint density at radius 2 is 2.13 bits per heavy atom. The van der Waals surface area contributed by atoms with Gasteiger partial charge in [0.25, 0.3) is 0 Å². The minimum atomic E-state index is -0.218. The molecule has 1 aliphatic rings. The zero-order chi connectivity index (χ0) is 21.1. The van der Waals surface area contributed by atoms with Gasteiger partial charge in [-0.3, -0.25) is 9.79 Å². The average molecular weight is 532 g/mol. The Labute approximate surface area is 197 Å². The number of aryl methyl sites for hydroxylation is 1. The highest BCUT2D eigenvalue weighted by Gasteiger charge is 2.23. The zero-order valence-electron chi connectivity index (χ0n) is 18.5. The first-order valence-corrected chi connectivity index (χ1v) is 10.7. The molecule has 1 atom stereocenters. The fourth-order valence-electron chi connectivity index (χ4n) is 3.75. The van der Waals surface area contributed by atoms with Crippen LogP contribution in [0.25, 0.3) is 0 Å². The van der Waals surface area contributed by atoms with Crippen LogP contribution < -0.4 is 20.5 Å². The van der Waals surface area contributed by atoms with Gasteiger partial charge in [-0.05, 0) is 63.1 Å². The molecule has 0 spiro atoms. The second-order valence-corrected chi connectivity index (χ2v) is 7.38. The van der Waals surface area contributed by atoms with Gasteiger partial charge in [0.2, 0.25) is 5.91 Å². The maximum absolute atomic E-state index is 11.3. The fraction of sp³-hybridized carbons (Fsp3) is 0.636. The van der Waals surface area contributed by atoms with Crippen LogP contribution in [-0.2, 0) is 11.2 Å². The van der Waals surface area contributed by atoms with Crippen molar-refractivity contribution in [2.75, 3.05) is 39.9 Å². The molecule has 0 saturated carbocycles. The second-order valence-electron chi connectivity index (χ2n) is 7.38. The highest BCUT2D eigenvalue weighted by atomic mass is 127. The lowest BCUT2D eigenvalue weighted by Crippen LogP contribution is -2.47. The predicted octanol–water partition coefficient (Wildman–Crippen LogP) is 3.20. The molecule has 3 N–H and O–H groups in total. The van der Waals surface area contributed by atoms with Crippen LogP contribution in [0.1, 0.15) is 45.1 Å². The number of piperidine rings is 1. The van der Waals surface area contributed by atoms with E-state index in [0.29, 0.717) is 18.9 Å². The van der Waals surface area contributed by atoms with Gasteiger partial charge in [-0.15, -0.1) is 24.0 Å². The second kappa shape index (κ2) is 14.3. The molecule has 8 heteroatoms. The summed E-state index contributed by atoms with van der Waals surface area (Å²) in [5.74, 6) is 2.59. The molecule has 0 aliphatic carbocycles. The van der Waals surface area contributed by atoms with E-state index in [1.54, 1.807) is 7.11 Å². The van der Waals surface area contributed by atoms with Crippen molar-refractivity contribution < 1.29 is 14.3 Å². The summed E-state index contributed by atoms with van der Waals surface area (Å²) in [5, 5.41) is 3.39. The SMILES string of the molecule is CCNC(=NCCCc1ccc(OC)c(OCC)c1)N1CCCC(CC(N)=O)C1.I. The number of nitrogens with one attached hydrogen (secondary N) is 1. The number of hydrogen-bond donors (Lipinski definition) is 2. The van der Waals surface area contributed by atoms with E-state index in [2.05, 4.69) is 29.3 Å². The van der Waals surface area contributed by atoms with Crippen molar-refractivity contribution in [1.29, 1.82) is 0 Å². The molecule has 0 radical (unpaired) electrons. The smallest absolute Gasteiger partial charge is 0.217 e. The average Bonchev–Trinajstić information content (AvgIpc) is 2.70. The largest absolute Gasteiger partial charge is 0.493 e. The maximum atomic E-state index is 11.3. The van der Waals surface area contributed by atoms with Crippen molar-refractivity contribution in [3.8, 4) is 11.5 Å². The molecule has 1 aromatic carbocycles. The van der Waals surface area contributed by atoms with E-state index in [1.807, 2.05) is 13.0 Å². The first-order chi connectivity index (χ1) is 14.1. The quantitative estimate of drug-likeness (QED) is 0.209. The number of nitrogens with two attached hydrogens (primary N) is 1. The summed E-state index contributed by atoms with van der Waals surface area (Å²) in [6.45, 7) is 8.04. The van der Waals surface area contributed by atoms with Crippen LogP contribution in [0.5, 0.6) is 11.5 Å². The lowest BCUT2D eigenvalue weighted by molar-refractivity contribution is -0.119. The number of primary amides is 1. The number of hydrogen-bond acceptors (Lipinski definition) is 4. The van der Waals surface area contributed by atoms with Crippen molar-refractivity contribution >= 4 is 35.8 Å². The number of guanidine groups is 1. The predicted molar refractivity (Wildman–Crippen MR) is 132 cm³/mol. The minimum absolute atomic E-state index is 0. The van der Waals surface area contributed by atoms with Crippen LogP contribution in [-0.4, -0.2) is 56.7 Å². The number of ether oxygens (including phenoxy) is 2. The standard InChI is InChI=1S/C22H36N4O3.HI/c1-4-24-22(26-13-7-9-18(16-26)15-21(23)27)25-12-6-8-17-10-11-19(28-3)20(14-17)29-5-2;/h10-11,14,18H,4-9,12-13,15-16H2,1-3H3,(H2,23,27)(H,24,25);1H. The van der Waals surface area contributed by atoms with Crippen molar-refractivity contribution in [3.05, 3.63) is 23.8 Å². The summed E-state index contributed by atoms with van der Waals surface area (Å²) < 4.78 is 11.0. The number of amides is 1. The Hall–Kier alpha value is -1.71. The number of likely N-dealkylation sites (tertiary alicyclic amines) is 1. The summed E-state index contributed by atoms with van der Waals surface area (Å²) in [6, 6.07) is 6.09. The molecule has 7 nitrogen and oxygen atoms in total. The first kappa shape index (κ1) is 26.3. The molecule has 170 valence electrons. The van der Waals surface area contributed by atoms with Crippen LogP contribution in [0, 0.1) is 5.92 Å². The maximum Gasteiger partial charge on any atom is 0.217 e. The first-order valence-electron chi connectivity index (χ1n) is 10.7. The minimum Gasteiger partial charge on any atom is -0.493 e. The van der Waals surface area contributed by atoms with E-state index in [9.17, 15) is 4.79 Å². The molecule has 1 heterocycles. The van der Waals surface area contributed by atoms with Crippen LogP contribution in [0.4, 0.5) is 0 Å². The Bertz CT molecular complexity index is 684. The third kappa shape index (κ3) is 8.57. The number of nitrogens with zero attached hydrogens (tertiary/aromatic N) is 2. The molecule has 1 amide bonds. The third-order valence-corrected chi connectivity index (χ3v) is 5.06. The van der Waals surface area contributed by atoms with Crippen molar-refractivity contribution in [2.24, 2.45) is 16.6 Å². The van der Waals surface area contributed by atoms with Crippen LogP contribution in [0.2, 0.25) is 0 Å². The van der Waals surface area contributed by atoms with Gasteiger partial charge in [-0.25, -0.2) is 0 Å². The molecule has 0 aromatic heterocycles. The van der Waals surface area contributed by atoms with E-state index in [1.165, 1.54) is 5.56 Å². The summed E-state index contributed by atoms with van der Waals surface area (Å²) >= 11 is 0. The molecule has 1 saturated heterocycles. The summed E-state index contributed by atoms with van der Waals surface area (Å²) in [4.78, 5) is 18.3. The highest BCUT2D eigenvalue weighted by Crippen LogP contribution is 2.28. The van der Waals surface area contributed by atoms with Crippen molar-refractivity contribution in [2.45, 2.75) is 46.0 Å². The molecule has 1 fully saturated rings. The van der Waals surface area contributed by atoms with Gasteiger partial charge < -0.3 is 25.4 Å². The van der Waals surface area contributed by atoms with E-state index in [4.69, 9.17) is 20.2 Å². The topological polar surface area (TPSA) is 89.2 Å². The number of halogens is 1. The summed E-state index contributed by atoms with van der Waals surface area (Å²) in [7, 11) is 1.66. The van der Waals surface area contributed by atoms with Crippen molar-refractivity contribution in [1.82, 2.24) is 10.2 Å². The molecule has 1 unspecified atom stereocenters. The third-order valence-electron chi connectivity index (χ3n) is 5.06. The van der Waals surface area contributed by atoms with Crippen LogP contribution in [0.15, 0.2) is 23.2 Å². The highest BCUT2D eigenvalue weighted by molar-refractivity contribution is 14.0. The van der Waals surface area contributed by atoms with E-state index >= 15 is 0 Å². The normalized spacial score (nSPS) is 16.6. The Morgan fingerprint density at radius 3 is 2.80 bits per heavy atom. The lowest BCUT2D eigenvalue weighted by Gasteiger charge is -2.34. The zero-order valence-corrected chi connectivity index (χ0v) is 20.8. The molecular formula is C22H37IN4O3. The summed E-state index contributed by atoms with van der Waals surface area (Å²) in [5.41, 5.74) is 6.60. The number of rotatable bonds is 10. The van der Waals surface area contributed by atoms with E-state index in [0.717, 1.165) is 69.3 Å². The number of carbonyl (C=O) groups excluding carboxylic acids is 1. The number of methoxy groups -OCH3 is 1. The lowest BCUT2D eigenvalue weighted by atomic mass is 9.95. The van der Waals surface area contributed by atoms with E-state index in [-0.39, 0.29) is 29.9 Å². The van der Waals surface area contributed by atoms with Gasteiger partial charge in [0.15, 0.2) is 17.5 Å². The number of carbonyl (C=O) groups is 1. The van der Waals surface area contributed by atoms with Gasteiger partial charge in [0.1, 0.15) is 0 Å². The van der Waals surface area contributed by atoms with Gasteiger partial charge in [-0.1, -0.05) is 6.07 Å². The van der Waals surface area contributed by atoms with Gasteiger partial charge in [0, 0.05) is 32.6 Å². The number of benzene rings is 1. The van der Waals surface area contributed by atoms with Crippen LogP contribution in [0.3, 0.4) is 0 Å². The molecule has 30 heavy (non-hydrogen) atoms. The Kier molecular flexibility index (Phi) is 12.6. The fourth-order valence-corrected chi connectivity index (χ4v) is 3.75. The van der Waals surface area contributed by atoms with Gasteiger partial charge in [0.05, 0.1) is 13.7 Å². The number of aliphatic imine (C=N–C) groups is 1. The van der Waals surface area contributed by atoms with Gasteiger partial charge in [-0.2, -0.15) is 0 Å². The monoisotopic (exact) mass is 532 g/mol. The molecular weight excluding hydrogens is 495 g/mol. The molecule has 2 rings (SSSR count). The Balaban J connectivity index is 0.00000450. The molecule has 1 aromatic rings. The van der Waals surface area contributed by atoms with E-state index < -0.39 is 0 Å². The van der Waals surface area contributed by atoms with Gasteiger partial charge >= 0.3 is 0 Å². The summed E-state index contributed by atoms with van der Waals surface area (Å²) in [6.07, 6.45) is 4.45.